The number of rotatable bonds is 3. The third kappa shape index (κ3) is 1.59. The zero-order chi connectivity index (χ0) is 10.2. The maximum absolute atomic E-state index is 12.4. The molecule has 0 spiro atoms. The second-order valence-electron chi connectivity index (χ2n) is 3.83. The van der Waals surface area contributed by atoms with E-state index < -0.39 is 12.8 Å². The molecule has 1 atom stereocenters. The summed E-state index contributed by atoms with van der Waals surface area (Å²) < 4.78 is 13.4. The van der Waals surface area contributed by atoms with Gasteiger partial charge in [-0.25, -0.2) is 4.39 Å². The zero-order valence-corrected chi connectivity index (χ0v) is 9.30. The lowest BCUT2D eigenvalue weighted by atomic mass is 9.91. The van der Waals surface area contributed by atoms with E-state index in [1.807, 2.05) is 24.3 Å². The maximum atomic E-state index is 12.4. The SMILES string of the molecule is OC(CF)C1(c2ccc(Br)cc2)CC1. The van der Waals surface area contributed by atoms with E-state index >= 15 is 0 Å². The van der Waals surface area contributed by atoms with Gasteiger partial charge in [0.1, 0.15) is 6.67 Å². The third-order valence-electron chi connectivity index (χ3n) is 2.99. The molecule has 1 saturated carbocycles. The van der Waals surface area contributed by atoms with Gasteiger partial charge in [0, 0.05) is 9.89 Å². The molecule has 1 fully saturated rings. The Balaban J connectivity index is 2.26. The molecule has 2 rings (SSSR count). The Morgan fingerprint density at radius 2 is 1.93 bits per heavy atom. The summed E-state index contributed by atoms with van der Waals surface area (Å²) >= 11 is 3.35. The second-order valence-corrected chi connectivity index (χ2v) is 4.75. The molecule has 76 valence electrons. The summed E-state index contributed by atoms with van der Waals surface area (Å²) in [6, 6.07) is 7.77. The first-order valence-corrected chi connectivity index (χ1v) is 5.48. The Kier molecular flexibility index (Phi) is 2.62. The van der Waals surface area contributed by atoms with E-state index in [0.29, 0.717) is 0 Å². The summed E-state index contributed by atoms with van der Waals surface area (Å²) in [6.07, 6.45) is 0.933. The fourth-order valence-electron chi connectivity index (χ4n) is 1.88. The molecule has 1 aliphatic carbocycles. The molecule has 1 nitrogen and oxygen atoms in total. The molecule has 0 bridgehead atoms. The van der Waals surface area contributed by atoms with Gasteiger partial charge in [-0.15, -0.1) is 0 Å². The van der Waals surface area contributed by atoms with Crippen LogP contribution in [-0.2, 0) is 5.41 Å². The molecule has 1 unspecified atom stereocenters. The van der Waals surface area contributed by atoms with Crippen LogP contribution in [-0.4, -0.2) is 17.9 Å². The molecule has 0 aliphatic heterocycles. The summed E-state index contributed by atoms with van der Waals surface area (Å²) in [5, 5.41) is 9.58. The van der Waals surface area contributed by atoms with Crippen LogP contribution in [0.2, 0.25) is 0 Å². The Labute approximate surface area is 91.1 Å². The van der Waals surface area contributed by atoms with Crippen LogP contribution in [0.25, 0.3) is 0 Å². The fourth-order valence-corrected chi connectivity index (χ4v) is 2.14. The van der Waals surface area contributed by atoms with Crippen molar-refractivity contribution < 1.29 is 9.50 Å². The average Bonchev–Trinajstić information content (AvgIpc) is 2.99. The highest BCUT2D eigenvalue weighted by Crippen LogP contribution is 2.51. The normalized spacial score (nSPS) is 20.5. The van der Waals surface area contributed by atoms with Crippen LogP contribution in [0.5, 0.6) is 0 Å². The van der Waals surface area contributed by atoms with E-state index in [1.165, 1.54) is 0 Å². The minimum atomic E-state index is -0.844. The molecule has 0 radical (unpaired) electrons. The molecule has 0 saturated heterocycles. The van der Waals surface area contributed by atoms with Crippen LogP contribution in [0.15, 0.2) is 28.7 Å². The van der Waals surface area contributed by atoms with Gasteiger partial charge in [0.15, 0.2) is 0 Å². The van der Waals surface area contributed by atoms with E-state index in [-0.39, 0.29) is 5.41 Å². The number of aliphatic hydroxyl groups excluding tert-OH is 1. The highest BCUT2D eigenvalue weighted by molar-refractivity contribution is 9.10. The molecule has 0 aromatic heterocycles. The van der Waals surface area contributed by atoms with Crippen molar-refractivity contribution in [3.05, 3.63) is 34.3 Å². The van der Waals surface area contributed by atoms with E-state index in [0.717, 1.165) is 22.9 Å². The quantitative estimate of drug-likeness (QED) is 0.884. The lowest BCUT2D eigenvalue weighted by Crippen LogP contribution is -2.27. The van der Waals surface area contributed by atoms with Crippen molar-refractivity contribution in [3.8, 4) is 0 Å². The topological polar surface area (TPSA) is 20.2 Å². The lowest BCUT2D eigenvalue weighted by Gasteiger charge is -2.20. The van der Waals surface area contributed by atoms with Crippen LogP contribution < -0.4 is 0 Å². The first-order valence-electron chi connectivity index (χ1n) is 4.69. The van der Waals surface area contributed by atoms with E-state index in [1.54, 1.807) is 0 Å². The predicted octanol–water partition coefficient (Wildman–Crippen LogP) is 2.81. The molecular formula is C11H12BrFO. The minimum Gasteiger partial charge on any atom is -0.389 e. The van der Waals surface area contributed by atoms with Gasteiger partial charge in [0.25, 0.3) is 0 Å². The summed E-state index contributed by atoms with van der Waals surface area (Å²) in [4.78, 5) is 0. The molecule has 3 heteroatoms. The summed E-state index contributed by atoms with van der Waals surface area (Å²) in [5.74, 6) is 0. The predicted molar refractivity (Wildman–Crippen MR) is 57.0 cm³/mol. The zero-order valence-electron chi connectivity index (χ0n) is 7.71. The standard InChI is InChI=1S/C11H12BrFO/c12-9-3-1-8(2-4-9)11(5-6-11)10(14)7-13/h1-4,10,14H,5-7H2. The monoisotopic (exact) mass is 258 g/mol. The molecule has 1 aliphatic rings. The van der Waals surface area contributed by atoms with Crippen LogP contribution in [0.4, 0.5) is 4.39 Å². The molecule has 1 aromatic rings. The van der Waals surface area contributed by atoms with Gasteiger partial charge in [-0.3, -0.25) is 0 Å². The largest absolute Gasteiger partial charge is 0.389 e. The number of aliphatic hydroxyl groups is 1. The first kappa shape index (κ1) is 10.1. The van der Waals surface area contributed by atoms with Gasteiger partial charge >= 0.3 is 0 Å². The summed E-state index contributed by atoms with van der Waals surface area (Å²) in [5.41, 5.74) is 0.751. The third-order valence-corrected chi connectivity index (χ3v) is 3.52. The van der Waals surface area contributed by atoms with Gasteiger partial charge in [-0.2, -0.15) is 0 Å². The van der Waals surface area contributed by atoms with Crippen molar-refractivity contribution in [2.24, 2.45) is 0 Å². The van der Waals surface area contributed by atoms with Crippen molar-refractivity contribution >= 4 is 15.9 Å². The Morgan fingerprint density at radius 3 is 2.36 bits per heavy atom. The Hall–Kier alpha value is -0.410. The van der Waals surface area contributed by atoms with Gasteiger partial charge < -0.3 is 5.11 Å². The van der Waals surface area contributed by atoms with E-state index in [9.17, 15) is 9.50 Å². The highest BCUT2D eigenvalue weighted by Gasteiger charge is 2.50. The van der Waals surface area contributed by atoms with Crippen molar-refractivity contribution in [2.75, 3.05) is 6.67 Å². The van der Waals surface area contributed by atoms with E-state index in [4.69, 9.17) is 0 Å². The smallest absolute Gasteiger partial charge is 0.116 e. The number of hydrogen-bond donors (Lipinski definition) is 1. The molecular weight excluding hydrogens is 247 g/mol. The Morgan fingerprint density at radius 1 is 1.36 bits per heavy atom. The van der Waals surface area contributed by atoms with Crippen molar-refractivity contribution in [1.29, 1.82) is 0 Å². The van der Waals surface area contributed by atoms with Crippen molar-refractivity contribution in [3.63, 3.8) is 0 Å². The first-order chi connectivity index (χ1) is 6.69. The fraction of sp³-hybridized carbons (Fsp3) is 0.455. The summed E-state index contributed by atoms with van der Waals surface area (Å²) in [6.45, 7) is -0.657. The van der Waals surface area contributed by atoms with Crippen LogP contribution >= 0.6 is 15.9 Å². The molecule has 1 N–H and O–H groups in total. The minimum absolute atomic E-state index is 0.296. The summed E-state index contributed by atoms with van der Waals surface area (Å²) in [7, 11) is 0. The van der Waals surface area contributed by atoms with Crippen molar-refractivity contribution in [2.45, 2.75) is 24.4 Å². The van der Waals surface area contributed by atoms with Crippen LogP contribution in [0.3, 0.4) is 0 Å². The molecule has 1 aromatic carbocycles. The van der Waals surface area contributed by atoms with Gasteiger partial charge in [0.05, 0.1) is 6.10 Å². The number of halogens is 2. The number of hydrogen-bond acceptors (Lipinski definition) is 1. The molecule has 0 amide bonds. The number of alkyl halides is 1. The van der Waals surface area contributed by atoms with Gasteiger partial charge in [-0.05, 0) is 30.5 Å². The molecule has 14 heavy (non-hydrogen) atoms. The lowest BCUT2D eigenvalue weighted by molar-refractivity contribution is 0.101. The molecule has 0 heterocycles. The van der Waals surface area contributed by atoms with E-state index in [2.05, 4.69) is 15.9 Å². The Bertz CT molecular complexity index is 319. The van der Waals surface area contributed by atoms with Crippen LogP contribution in [0, 0.1) is 0 Å². The average molecular weight is 259 g/mol. The highest BCUT2D eigenvalue weighted by atomic mass is 79.9. The number of benzene rings is 1. The second kappa shape index (κ2) is 3.63. The van der Waals surface area contributed by atoms with Crippen molar-refractivity contribution in [1.82, 2.24) is 0 Å². The van der Waals surface area contributed by atoms with Crippen LogP contribution in [0.1, 0.15) is 18.4 Å². The van der Waals surface area contributed by atoms with Gasteiger partial charge in [-0.1, -0.05) is 28.1 Å². The van der Waals surface area contributed by atoms with Gasteiger partial charge in [0.2, 0.25) is 0 Å². The maximum Gasteiger partial charge on any atom is 0.116 e.